The van der Waals surface area contributed by atoms with Gasteiger partial charge in [0.2, 0.25) is 11.8 Å². The van der Waals surface area contributed by atoms with Crippen LogP contribution in [0.15, 0.2) is 22.8 Å². The van der Waals surface area contributed by atoms with Gasteiger partial charge in [0.25, 0.3) is 0 Å². The number of fused-ring (bicyclic) bond motifs is 1. The molecule has 0 bridgehead atoms. The zero-order valence-electron chi connectivity index (χ0n) is 17.6. The molecular formula is C21H29N5O2S2. The molecule has 2 fully saturated rings. The molecule has 2 amide bonds. The fourth-order valence-electron chi connectivity index (χ4n) is 4.42. The Bertz CT molecular complexity index is 886. The van der Waals surface area contributed by atoms with Crippen LogP contribution in [-0.2, 0) is 9.59 Å². The van der Waals surface area contributed by atoms with E-state index in [2.05, 4.69) is 28.7 Å². The van der Waals surface area contributed by atoms with Crippen LogP contribution in [0.4, 0.5) is 0 Å². The van der Waals surface area contributed by atoms with E-state index >= 15 is 0 Å². The molecule has 30 heavy (non-hydrogen) atoms. The quantitative estimate of drug-likeness (QED) is 0.518. The Labute approximate surface area is 185 Å². The zero-order valence-corrected chi connectivity index (χ0v) is 19.3. The number of piperazine rings is 1. The number of nitrogens with zero attached hydrogens (tertiary/aromatic N) is 5. The summed E-state index contributed by atoms with van der Waals surface area (Å²) in [7, 11) is 0. The van der Waals surface area contributed by atoms with E-state index in [1.807, 2.05) is 21.2 Å². The van der Waals surface area contributed by atoms with Gasteiger partial charge in [-0.1, -0.05) is 25.6 Å². The zero-order chi connectivity index (χ0) is 21.1. The molecule has 162 valence electrons. The van der Waals surface area contributed by atoms with Crippen LogP contribution in [0.3, 0.4) is 0 Å². The lowest BCUT2D eigenvalue weighted by Gasteiger charge is -2.38. The maximum Gasteiger partial charge on any atom is 0.236 e. The van der Waals surface area contributed by atoms with Gasteiger partial charge in [-0.05, 0) is 29.7 Å². The van der Waals surface area contributed by atoms with E-state index in [1.54, 1.807) is 17.7 Å². The smallest absolute Gasteiger partial charge is 0.236 e. The van der Waals surface area contributed by atoms with Gasteiger partial charge in [0.05, 0.1) is 12.3 Å². The molecule has 0 aromatic carbocycles. The fourth-order valence-corrected chi connectivity index (χ4v) is 6.10. The van der Waals surface area contributed by atoms with Gasteiger partial charge in [-0.2, -0.15) is 0 Å². The van der Waals surface area contributed by atoms with Crippen molar-refractivity contribution < 1.29 is 9.59 Å². The summed E-state index contributed by atoms with van der Waals surface area (Å²) in [5.41, 5.74) is 0. The van der Waals surface area contributed by atoms with Crippen molar-refractivity contribution in [1.29, 1.82) is 0 Å². The van der Waals surface area contributed by atoms with Crippen LogP contribution < -0.4 is 0 Å². The number of hydrogen-bond donors (Lipinski definition) is 0. The van der Waals surface area contributed by atoms with Gasteiger partial charge in [0, 0.05) is 44.7 Å². The first-order chi connectivity index (χ1) is 14.5. The molecule has 0 saturated carbocycles. The number of thiophene rings is 1. The highest BCUT2D eigenvalue weighted by Crippen LogP contribution is 2.28. The third kappa shape index (κ3) is 5.12. The molecule has 0 aliphatic carbocycles. The van der Waals surface area contributed by atoms with Gasteiger partial charge in [0.1, 0.15) is 16.2 Å². The third-order valence-corrected chi connectivity index (χ3v) is 7.67. The lowest BCUT2D eigenvalue weighted by Crippen LogP contribution is -2.53. The summed E-state index contributed by atoms with van der Waals surface area (Å²) >= 11 is 3.06. The topological polar surface area (TPSA) is 69.6 Å². The minimum absolute atomic E-state index is 0.131. The number of piperidine rings is 1. The summed E-state index contributed by atoms with van der Waals surface area (Å²) in [6, 6.07) is 2.01. The molecule has 2 aromatic rings. The molecule has 9 heteroatoms. The minimum atomic E-state index is 0.131. The molecule has 7 nitrogen and oxygen atoms in total. The molecule has 2 aliphatic heterocycles. The van der Waals surface area contributed by atoms with E-state index in [1.165, 1.54) is 18.2 Å². The number of likely N-dealkylation sites (tertiary alicyclic amines) is 1. The summed E-state index contributed by atoms with van der Waals surface area (Å²) in [5.74, 6) is 1.90. The first kappa shape index (κ1) is 21.5. The minimum Gasteiger partial charge on any atom is -0.341 e. The lowest BCUT2D eigenvalue weighted by atomic mass is 9.92. The number of hydrogen-bond acceptors (Lipinski definition) is 7. The molecule has 2 atom stereocenters. The average molecular weight is 448 g/mol. The maximum absolute atomic E-state index is 12.7. The summed E-state index contributed by atoms with van der Waals surface area (Å²) in [6.45, 7) is 9.53. The van der Waals surface area contributed by atoms with Crippen LogP contribution in [0.25, 0.3) is 10.2 Å². The first-order valence-corrected chi connectivity index (χ1v) is 12.4. The standard InChI is InChI=1S/C21H29N5O2S2/c1-15-9-16(2)11-26(10-15)18(27)12-24-4-6-25(7-5-24)19(28)13-30-21-17-3-8-29-20(17)22-14-23-21/h3,8,14-16H,4-7,9-13H2,1-2H3. The number of amides is 2. The Hall–Kier alpha value is -1.71. The normalized spacial score (nSPS) is 23.1. The number of carbonyl (C=O) groups is 2. The van der Waals surface area contributed by atoms with Gasteiger partial charge in [0.15, 0.2) is 0 Å². The Kier molecular flexibility index (Phi) is 6.90. The Morgan fingerprint density at radius 2 is 1.80 bits per heavy atom. The van der Waals surface area contributed by atoms with Crippen molar-refractivity contribution in [1.82, 2.24) is 24.7 Å². The molecule has 4 rings (SSSR count). The van der Waals surface area contributed by atoms with Crippen LogP contribution in [0.1, 0.15) is 20.3 Å². The van der Waals surface area contributed by atoms with E-state index < -0.39 is 0 Å². The summed E-state index contributed by atoms with van der Waals surface area (Å²) in [6.07, 6.45) is 2.76. The van der Waals surface area contributed by atoms with Gasteiger partial charge in [-0.3, -0.25) is 14.5 Å². The second kappa shape index (κ2) is 9.62. The van der Waals surface area contributed by atoms with E-state index in [-0.39, 0.29) is 11.8 Å². The predicted octanol–water partition coefficient (Wildman–Crippen LogP) is 2.43. The van der Waals surface area contributed by atoms with Crippen molar-refractivity contribution in [2.24, 2.45) is 11.8 Å². The van der Waals surface area contributed by atoms with Crippen molar-refractivity contribution in [2.75, 3.05) is 51.6 Å². The second-order valence-electron chi connectivity index (χ2n) is 8.51. The van der Waals surface area contributed by atoms with Crippen molar-refractivity contribution in [3.63, 3.8) is 0 Å². The molecule has 4 heterocycles. The van der Waals surface area contributed by atoms with Crippen molar-refractivity contribution >= 4 is 45.1 Å². The van der Waals surface area contributed by atoms with Crippen LogP contribution >= 0.6 is 23.1 Å². The van der Waals surface area contributed by atoms with Gasteiger partial charge in [-0.25, -0.2) is 9.97 Å². The number of rotatable bonds is 5. The monoisotopic (exact) mass is 447 g/mol. The lowest BCUT2D eigenvalue weighted by molar-refractivity contribution is -0.136. The van der Waals surface area contributed by atoms with Crippen LogP contribution in [-0.4, -0.2) is 88.0 Å². The second-order valence-corrected chi connectivity index (χ2v) is 10.4. The van der Waals surface area contributed by atoms with E-state index in [4.69, 9.17) is 0 Å². The highest BCUT2D eigenvalue weighted by Gasteiger charge is 2.28. The van der Waals surface area contributed by atoms with Crippen LogP contribution in [0, 0.1) is 11.8 Å². The predicted molar refractivity (Wildman–Crippen MR) is 121 cm³/mol. The highest BCUT2D eigenvalue weighted by atomic mass is 32.2. The molecule has 2 saturated heterocycles. The van der Waals surface area contributed by atoms with Gasteiger partial charge >= 0.3 is 0 Å². The Morgan fingerprint density at radius 3 is 2.53 bits per heavy atom. The molecule has 2 aliphatic rings. The van der Waals surface area contributed by atoms with Crippen molar-refractivity contribution in [3.05, 3.63) is 17.8 Å². The Morgan fingerprint density at radius 1 is 1.07 bits per heavy atom. The van der Waals surface area contributed by atoms with E-state index in [9.17, 15) is 9.59 Å². The summed E-state index contributed by atoms with van der Waals surface area (Å²) in [4.78, 5) is 41.0. The van der Waals surface area contributed by atoms with Crippen molar-refractivity contribution in [3.8, 4) is 0 Å². The third-order valence-electron chi connectivity index (χ3n) is 5.86. The van der Waals surface area contributed by atoms with Crippen LogP contribution in [0.5, 0.6) is 0 Å². The first-order valence-electron chi connectivity index (χ1n) is 10.6. The Balaban J connectivity index is 1.22. The summed E-state index contributed by atoms with van der Waals surface area (Å²) < 4.78 is 0. The van der Waals surface area contributed by atoms with Crippen LogP contribution in [0.2, 0.25) is 0 Å². The number of aromatic nitrogens is 2. The largest absolute Gasteiger partial charge is 0.341 e. The van der Waals surface area contributed by atoms with E-state index in [0.29, 0.717) is 37.2 Å². The van der Waals surface area contributed by atoms with Gasteiger partial charge < -0.3 is 9.80 Å². The maximum atomic E-state index is 12.7. The SMILES string of the molecule is CC1CC(C)CN(C(=O)CN2CCN(C(=O)CSc3ncnc4sccc34)CC2)C1. The summed E-state index contributed by atoms with van der Waals surface area (Å²) in [5, 5.41) is 3.88. The van der Waals surface area contributed by atoms with E-state index in [0.717, 1.165) is 41.4 Å². The van der Waals surface area contributed by atoms with Crippen molar-refractivity contribution in [2.45, 2.75) is 25.3 Å². The number of thioether (sulfide) groups is 1. The highest BCUT2D eigenvalue weighted by molar-refractivity contribution is 8.00. The van der Waals surface area contributed by atoms with Gasteiger partial charge in [-0.15, -0.1) is 11.3 Å². The average Bonchev–Trinajstić information content (AvgIpc) is 3.21. The molecule has 2 aromatic heterocycles. The number of carbonyl (C=O) groups excluding carboxylic acids is 2. The molecule has 2 unspecified atom stereocenters. The fraction of sp³-hybridized carbons (Fsp3) is 0.619. The molecular weight excluding hydrogens is 418 g/mol. The molecule has 0 radical (unpaired) electrons. The molecule has 0 spiro atoms. The molecule has 0 N–H and O–H groups in total.